The van der Waals surface area contributed by atoms with Gasteiger partial charge in [-0.1, -0.05) is 0 Å². The lowest BCUT2D eigenvalue weighted by molar-refractivity contribution is 0.414. The molecule has 2 N–H and O–H groups in total. The van der Waals surface area contributed by atoms with Crippen LogP contribution in [0, 0.1) is 5.82 Å². The lowest BCUT2D eigenvalue weighted by atomic mass is 10.2. The van der Waals surface area contributed by atoms with Crippen LogP contribution in [0.25, 0.3) is 22.6 Å². The molecule has 2 aromatic carbocycles. The summed E-state index contributed by atoms with van der Waals surface area (Å²) < 4.78 is 24.4. The molecule has 0 spiro atoms. The van der Waals surface area contributed by atoms with Gasteiger partial charge >= 0.3 is 0 Å². The maximum atomic E-state index is 13.7. The van der Waals surface area contributed by atoms with E-state index < -0.39 is 5.82 Å². The number of hydrogen-bond donors (Lipinski definition) is 1. The number of oxazole rings is 1. The van der Waals surface area contributed by atoms with Gasteiger partial charge < -0.3 is 14.9 Å². The number of anilines is 1. The number of nitrogens with two attached hydrogens (primary N) is 1. The van der Waals surface area contributed by atoms with Gasteiger partial charge in [-0.2, -0.15) is 0 Å². The number of hydrogen-bond acceptors (Lipinski definition) is 4. The normalized spacial score (nSPS) is 10.8. The summed E-state index contributed by atoms with van der Waals surface area (Å²) in [6.07, 6.45) is 0. The van der Waals surface area contributed by atoms with E-state index in [1.165, 1.54) is 18.2 Å². The first-order valence-corrected chi connectivity index (χ1v) is 5.67. The highest BCUT2D eigenvalue weighted by Crippen LogP contribution is 2.29. The van der Waals surface area contributed by atoms with Gasteiger partial charge in [-0.05, 0) is 30.3 Å². The molecular weight excluding hydrogens is 247 g/mol. The summed E-state index contributed by atoms with van der Waals surface area (Å²) in [5.74, 6) is 0.434. The molecule has 4 nitrogen and oxygen atoms in total. The Morgan fingerprint density at radius 3 is 2.84 bits per heavy atom. The minimum atomic E-state index is -0.423. The summed E-state index contributed by atoms with van der Waals surface area (Å²) in [4.78, 5) is 4.24. The number of benzene rings is 2. The van der Waals surface area contributed by atoms with Gasteiger partial charge in [0.15, 0.2) is 5.58 Å². The number of rotatable bonds is 2. The van der Waals surface area contributed by atoms with Crippen LogP contribution in [0.1, 0.15) is 0 Å². The second-order valence-corrected chi connectivity index (χ2v) is 4.09. The third-order valence-electron chi connectivity index (χ3n) is 2.82. The van der Waals surface area contributed by atoms with E-state index in [1.54, 1.807) is 25.3 Å². The number of nitrogen functional groups attached to an aromatic ring is 1. The number of halogens is 1. The quantitative estimate of drug-likeness (QED) is 0.717. The highest BCUT2D eigenvalue weighted by molar-refractivity contribution is 5.78. The van der Waals surface area contributed by atoms with Crippen molar-refractivity contribution >= 4 is 16.8 Å². The maximum Gasteiger partial charge on any atom is 0.230 e. The molecule has 0 radical (unpaired) electrons. The van der Waals surface area contributed by atoms with Gasteiger partial charge in [0, 0.05) is 11.8 Å². The minimum absolute atomic E-state index is 0.202. The molecule has 0 aliphatic rings. The molecule has 5 heteroatoms. The van der Waals surface area contributed by atoms with Gasteiger partial charge in [-0.15, -0.1) is 0 Å². The van der Waals surface area contributed by atoms with Crippen LogP contribution in [0.4, 0.5) is 10.1 Å². The highest BCUT2D eigenvalue weighted by atomic mass is 19.1. The zero-order valence-electron chi connectivity index (χ0n) is 10.2. The summed E-state index contributed by atoms with van der Waals surface area (Å²) in [5, 5.41) is 0. The van der Waals surface area contributed by atoms with Gasteiger partial charge in [0.25, 0.3) is 0 Å². The molecule has 1 aromatic heterocycles. The average Bonchev–Trinajstić information content (AvgIpc) is 2.83. The molecule has 3 aromatic rings. The lowest BCUT2D eigenvalue weighted by Gasteiger charge is -1.99. The first-order valence-electron chi connectivity index (χ1n) is 5.67. The van der Waals surface area contributed by atoms with Crippen molar-refractivity contribution in [3.8, 4) is 17.2 Å². The third-order valence-corrected chi connectivity index (χ3v) is 2.82. The van der Waals surface area contributed by atoms with Crippen molar-refractivity contribution in [2.24, 2.45) is 0 Å². The van der Waals surface area contributed by atoms with Crippen LogP contribution < -0.4 is 10.5 Å². The maximum absolute atomic E-state index is 13.7. The van der Waals surface area contributed by atoms with Crippen LogP contribution >= 0.6 is 0 Å². The van der Waals surface area contributed by atoms with Gasteiger partial charge in [0.1, 0.15) is 17.1 Å². The predicted octanol–water partition coefficient (Wildman–Crippen LogP) is 3.22. The van der Waals surface area contributed by atoms with E-state index in [1.807, 2.05) is 0 Å². The van der Waals surface area contributed by atoms with E-state index in [4.69, 9.17) is 14.9 Å². The first kappa shape index (κ1) is 11.5. The number of aromatic nitrogens is 1. The van der Waals surface area contributed by atoms with Crippen LogP contribution in [-0.4, -0.2) is 12.1 Å². The molecule has 3 rings (SSSR count). The van der Waals surface area contributed by atoms with Crippen LogP contribution in [0.15, 0.2) is 40.8 Å². The molecule has 0 atom stereocenters. The Kier molecular flexibility index (Phi) is 2.59. The SMILES string of the molecule is COc1ccc2nc(-c3cc(N)ccc3F)oc2c1. The van der Waals surface area contributed by atoms with E-state index in [0.717, 1.165) is 0 Å². The molecule has 0 unspecified atom stereocenters. The summed E-state index contributed by atoms with van der Waals surface area (Å²) in [7, 11) is 1.57. The Labute approximate surface area is 108 Å². The van der Waals surface area contributed by atoms with Crippen molar-refractivity contribution in [3.05, 3.63) is 42.2 Å². The standard InChI is InChI=1S/C14H11FN2O2/c1-18-9-3-5-12-13(7-9)19-14(17-12)10-6-8(16)2-4-11(10)15/h2-7H,16H2,1H3. The molecule has 0 amide bonds. The second-order valence-electron chi connectivity index (χ2n) is 4.09. The van der Waals surface area contributed by atoms with Crippen molar-refractivity contribution in [3.63, 3.8) is 0 Å². The third kappa shape index (κ3) is 1.99. The first-order chi connectivity index (χ1) is 9.17. The number of methoxy groups -OCH3 is 1. The Balaban J connectivity index is 2.17. The van der Waals surface area contributed by atoms with Crippen LogP contribution in [-0.2, 0) is 0 Å². The molecular formula is C14H11FN2O2. The Hall–Kier alpha value is -2.56. The summed E-state index contributed by atoms with van der Waals surface area (Å²) >= 11 is 0. The van der Waals surface area contributed by atoms with Crippen molar-refractivity contribution < 1.29 is 13.5 Å². The Morgan fingerprint density at radius 2 is 2.05 bits per heavy atom. The summed E-state index contributed by atoms with van der Waals surface area (Å²) in [6, 6.07) is 9.51. The fraction of sp³-hybridized carbons (Fsp3) is 0.0714. The fourth-order valence-electron chi connectivity index (χ4n) is 1.85. The number of nitrogens with zero attached hydrogens (tertiary/aromatic N) is 1. The van der Waals surface area contributed by atoms with Crippen molar-refractivity contribution in [2.45, 2.75) is 0 Å². The van der Waals surface area contributed by atoms with Crippen molar-refractivity contribution in [1.82, 2.24) is 4.98 Å². The van der Waals surface area contributed by atoms with E-state index >= 15 is 0 Å². The summed E-state index contributed by atoms with van der Waals surface area (Å²) in [6.45, 7) is 0. The van der Waals surface area contributed by atoms with Gasteiger partial charge in [0.2, 0.25) is 5.89 Å². The topological polar surface area (TPSA) is 61.3 Å². The molecule has 0 aliphatic heterocycles. The zero-order valence-corrected chi connectivity index (χ0v) is 10.2. The Morgan fingerprint density at radius 1 is 1.21 bits per heavy atom. The second kappa shape index (κ2) is 4.28. The molecule has 0 saturated carbocycles. The molecule has 19 heavy (non-hydrogen) atoms. The smallest absolute Gasteiger partial charge is 0.230 e. The molecule has 0 saturated heterocycles. The molecule has 0 bridgehead atoms. The zero-order chi connectivity index (χ0) is 13.4. The molecule has 1 heterocycles. The van der Waals surface area contributed by atoms with Crippen LogP contribution in [0.5, 0.6) is 5.75 Å². The largest absolute Gasteiger partial charge is 0.497 e. The fourth-order valence-corrected chi connectivity index (χ4v) is 1.85. The van der Waals surface area contributed by atoms with E-state index in [0.29, 0.717) is 22.5 Å². The Bertz CT molecular complexity index is 752. The molecule has 0 fully saturated rings. The van der Waals surface area contributed by atoms with Crippen molar-refractivity contribution in [1.29, 1.82) is 0 Å². The van der Waals surface area contributed by atoms with Crippen LogP contribution in [0.2, 0.25) is 0 Å². The molecule has 0 aliphatic carbocycles. The van der Waals surface area contributed by atoms with Gasteiger partial charge in [-0.3, -0.25) is 0 Å². The van der Waals surface area contributed by atoms with E-state index in [9.17, 15) is 4.39 Å². The predicted molar refractivity (Wildman–Crippen MR) is 70.4 cm³/mol. The lowest BCUT2D eigenvalue weighted by Crippen LogP contribution is -1.89. The summed E-state index contributed by atoms with van der Waals surface area (Å²) in [5.41, 5.74) is 7.52. The van der Waals surface area contributed by atoms with E-state index in [-0.39, 0.29) is 11.5 Å². The van der Waals surface area contributed by atoms with Crippen molar-refractivity contribution in [2.75, 3.05) is 12.8 Å². The number of fused-ring (bicyclic) bond motifs is 1. The van der Waals surface area contributed by atoms with Gasteiger partial charge in [-0.25, -0.2) is 9.37 Å². The highest BCUT2D eigenvalue weighted by Gasteiger charge is 2.13. The van der Waals surface area contributed by atoms with Gasteiger partial charge in [0.05, 0.1) is 12.7 Å². The molecule has 96 valence electrons. The number of ether oxygens (including phenoxy) is 1. The average molecular weight is 258 g/mol. The van der Waals surface area contributed by atoms with Crippen LogP contribution in [0.3, 0.4) is 0 Å². The monoisotopic (exact) mass is 258 g/mol. The van der Waals surface area contributed by atoms with E-state index in [2.05, 4.69) is 4.98 Å². The minimum Gasteiger partial charge on any atom is -0.497 e.